The van der Waals surface area contributed by atoms with E-state index in [0.717, 1.165) is 16.6 Å². The molecule has 0 unspecified atom stereocenters. The Balaban J connectivity index is 0.000000292. The lowest BCUT2D eigenvalue weighted by molar-refractivity contribution is 0.793. The summed E-state index contributed by atoms with van der Waals surface area (Å²) in [6.07, 6.45) is 1.92. The van der Waals surface area contributed by atoms with E-state index in [0.29, 0.717) is 5.92 Å². The number of rotatable bonds is 3. The van der Waals surface area contributed by atoms with Gasteiger partial charge < -0.3 is 5.32 Å². The second-order valence-corrected chi connectivity index (χ2v) is 4.49. The summed E-state index contributed by atoms with van der Waals surface area (Å²) < 4.78 is 0. The minimum absolute atomic E-state index is 0.648. The van der Waals surface area contributed by atoms with Crippen molar-refractivity contribution in [2.75, 3.05) is 7.05 Å². The fourth-order valence-corrected chi connectivity index (χ4v) is 1.28. The molecule has 0 bridgehead atoms. The molecule has 80 valence electrons. The Morgan fingerprint density at radius 2 is 2.07 bits per heavy atom. The molecule has 0 aromatic carbocycles. The van der Waals surface area contributed by atoms with Crippen molar-refractivity contribution in [2.45, 2.75) is 27.3 Å². The number of hydrogen-bond acceptors (Lipinski definition) is 4. The first kappa shape index (κ1) is 13.3. The Labute approximate surface area is 90.3 Å². The SMILES string of the molecule is C=CC(C)C.CNCc1nnc(C)s1. The summed E-state index contributed by atoms with van der Waals surface area (Å²) in [6.45, 7) is 10.5. The van der Waals surface area contributed by atoms with Gasteiger partial charge in [-0.3, -0.25) is 0 Å². The minimum atomic E-state index is 0.648. The van der Waals surface area contributed by atoms with Gasteiger partial charge in [0.15, 0.2) is 0 Å². The zero-order valence-electron chi connectivity index (χ0n) is 9.37. The highest BCUT2D eigenvalue weighted by Gasteiger charge is 1.95. The van der Waals surface area contributed by atoms with Crippen LogP contribution in [0.3, 0.4) is 0 Å². The molecule has 0 spiro atoms. The Bertz CT molecular complexity index is 256. The summed E-state index contributed by atoms with van der Waals surface area (Å²) in [5.41, 5.74) is 0. The second kappa shape index (κ2) is 7.64. The van der Waals surface area contributed by atoms with Crippen molar-refractivity contribution in [1.82, 2.24) is 15.5 Å². The molecule has 1 rings (SSSR count). The van der Waals surface area contributed by atoms with E-state index in [1.54, 1.807) is 11.3 Å². The number of hydrogen-bond donors (Lipinski definition) is 1. The van der Waals surface area contributed by atoms with Crippen LogP contribution in [0.1, 0.15) is 23.9 Å². The number of aryl methyl sites for hydroxylation is 1. The van der Waals surface area contributed by atoms with Gasteiger partial charge in [0.05, 0.1) is 0 Å². The summed E-state index contributed by atoms with van der Waals surface area (Å²) in [5.74, 6) is 0.648. The Kier molecular flexibility index (Phi) is 7.24. The van der Waals surface area contributed by atoms with Crippen LogP contribution >= 0.6 is 11.3 Å². The molecule has 1 N–H and O–H groups in total. The first-order valence-corrected chi connectivity index (χ1v) is 5.48. The quantitative estimate of drug-likeness (QED) is 0.783. The third kappa shape index (κ3) is 6.74. The maximum Gasteiger partial charge on any atom is 0.131 e. The van der Waals surface area contributed by atoms with Crippen molar-refractivity contribution in [1.29, 1.82) is 0 Å². The maximum atomic E-state index is 3.91. The predicted molar refractivity (Wildman–Crippen MR) is 62.4 cm³/mol. The number of nitrogens with one attached hydrogen (secondary N) is 1. The van der Waals surface area contributed by atoms with Crippen LogP contribution in [0.4, 0.5) is 0 Å². The van der Waals surface area contributed by atoms with Crippen molar-refractivity contribution in [3.05, 3.63) is 22.7 Å². The first-order chi connectivity index (χ1) is 6.60. The number of nitrogens with zero attached hydrogens (tertiary/aromatic N) is 2. The van der Waals surface area contributed by atoms with E-state index in [2.05, 4.69) is 35.9 Å². The largest absolute Gasteiger partial charge is 0.313 e. The Morgan fingerprint density at radius 3 is 2.36 bits per heavy atom. The molecule has 0 fully saturated rings. The van der Waals surface area contributed by atoms with Gasteiger partial charge in [-0.2, -0.15) is 0 Å². The molecule has 1 aromatic heterocycles. The third-order valence-corrected chi connectivity index (χ3v) is 2.21. The van der Waals surface area contributed by atoms with Gasteiger partial charge in [0.25, 0.3) is 0 Å². The van der Waals surface area contributed by atoms with E-state index in [-0.39, 0.29) is 0 Å². The molecule has 4 heteroatoms. The van der Waals surface area contributed by atoms with Gasteiger partial charge in [0.2, 0.25) is 0 Å². The monoisotopic (exact) mass is 213 g/mol. The van der Waals surface area contributed by atoms with Crippen molar-refractivity contribution in [2.24, 2.45) is 5.92 Å². The summed E-state index contributed by atoms with van der Waals surface area (Å²) in [4.78, 5) is 0. The average Bonchev–Trinajstić information content (AvgIpc) is 2.53. The highest BCUT2D eigenvalue weighted by molar-refractivity contribution is 7.11. The molecule has 1 heterocycles. The highest BCUT2D eigenvalue weighted by atomic mass is 32.1. The van der Waals surface area contributed by atoms with Crippen LogP contribution in [0.2, 0.25) is 0 Å². The number of aromatic nitrogens is 2. The molecule has 0 amide bonds. The maximum absolute atomic E-state index is 3.91. The molecule has 0 atom stereocenters. The molecule has 0 aliphatic carbocycles. The molecule has 0 aliphatic heterocycles. The Hall–Kier alpha value is -0.740. The molecular formula is C10H19N3S. The lowest BCUT2D eigenvalue weighted by Crippen LogP contribution is -2.04. The summed E-state index contributed by atoms with van der Waals surface area (Å²) >= 11 is 1.63. The van der Waals surface area contributed by atoms with Crippen molar-refractivity contribution >= 4 is 11.3 Å². The smallest absolute Gasteiger partial charge is 0.131 e. The zero-order chi connectivity index (χ0) is 11.0. The van der Waals surface area contributed by atoms with Crippen LogP contribution in [0.25, 0.3) is 0 Å². The van der Waals surface area contributed by atoms with Crippen molar-refractivity contribution < 1.29 is 0 Å². The van der Waals surface area contributed by atoms with Crippen molar-refractivity contribution in [3.63, 3.8) is 0 Å². The summed E-state index contributed by atoms with van der Waals surface area (Å²) in [5, 5.41) is 12.9. The fourth-order valence-electron chi connectivity index (χ4n) is 0.560. The van der Waals surface area contributed by atoms with E-state index in [9.17, 15) is 0 Å². The van der Waals surface area contributed by atoms with Crippen molar-refractivity contribution in [3.8, 4) is 0 Å². The van der Waals surface area contributed by atoms with Gasteiger partial charge in [-0.15, -0.1) is 28.1 Å². The van der Waals surface area contributed by atoms with E-state index >= 15 is 0 Å². The average molecular weight is 213 g/mol. The van der Waals surface area contributed by atoms with Crippen LogP contribution in [0.15, 0.2) is 12.7 Å². The molecule has 0 saturated carbocycles. The van der Waals surface area contributed by atoms with Gasteiger partial charge in [-0.25, -0.2) is 0 Å². The molecular weight excluding hydrogens is 194 g/mol. The van der Waals surface area contributed by atoms with Crippen LogP contribution < -0.4 is 5.32 Å². The third-order valence-electron chi connectivity index (χ3n) is 1.37. The Morgan fingerprint density at radius 1 is 1.50 bits per heavy atom. The topological polar surface area (TPSA) is 37.8 Å². The van der Waals surface area contributed by atoms with E-state index in [4.69, 9.17) is 0 Å². The minimum Gasteiger partial charge on any atom is -0.313 e. The van der Waals surface area contributed by atoms with Gasteiger partial charge in [-0.05, 0) is 19.9 Å². The van der Waals surface area contributed by atoms with Gasteiger partial charge in [0.1, 0.15) is 10.0 Å². The van der Waals surface area contributed by atoms with Gasteiger partial charge in [-0.1, -0.05) is 19.9 Å². The summed E-state index contributed by atoms with van der Waals surface area (Å²) in [7, 11) is 1.90. The van der Waals surface area contributed by atoms with Crippen LogP contribution in [0.5, 0.6) is 0 Å². The fraction of sp³-hybridized carbons (Fsp3) is 0.600. The van der Waals surface area contributed by atoms with E-state index in [1.165, 1.54) is 0 Å². The first-order valence-electron chi connectivity index (χ1n) is 4.66. The van der Waals surface area contributed by atoms with E-state index < -0.39 is 0 Å². The second-order valence-electron chi connectivity index (χ2n) is 3.22. The predicted octanol–water partition coefficient (Wildman–Crippen LogP) is 2.39. The molecule has 14 heavy (non-hydrogen) atoms. The lowest BCUT2D eigenvalue weighted by atomic mass is 10.2. The molecule has 0 radical (unpaired) electrons. The normalized spacial score (nSPS) is 9.50. The molecule has 0 saturated heterocycles. The van der Waals surface area contributed by atoms with Gasteiger partial charge in [0, 0.05) is 6.54 Å². The van der Waals surface area contributed by atoms with Crippen LogP contribution in [-0.2, 0) is 6.54 Å². The lowest BCUT2D eigenvalue weighted by Gasteiger charge is -1.86. The van der Waals surface area contributed by atoms with E-state index in [1.807, 2.05) is 20.0 Å². The number of allylic oxidation sites excluding steroid dienone is 1. The zero-order valence-corrected chi connectivity index (χ0v) is 10.2. The highest BCUT2D eigenvalue weighted by Crippen LogP contribution is 2.06. The van der Waals surface area contributed by atoms with Crippen LogP contribution in [-0.4, -0.2) is 17.2 Å². The standard InChI is InChI=1S/C5H9N3S.C5H10/c1-4-7-8-5(9-4)3-6-2;1-4-5(2)3/h6H,3H2,1-2H3;4-5H,1H2,2-3H3. The molecule has 0 aliphatic rings. The molecule has 1 aromatic rings. The molecule has 3 nitrogen and oxygen atoms in total. The van der Waals surface area contributed by atoms with Gasteiger partial charge >= 0.3 is 0 Å². The van der Waals surface area contributed by atoms with Crippen LogP contribution in [0, 0.1) is 12.8 Å². The summed E-state index contributed by atoms with van der Waals surface area (Å²) in [6, 6.07) is 0.